The number of non-ortho nitro benzene ring substituents is 1. The molecule has 0 unspecified atom stereocenters. The van der Waals surface area contributed by atoms with Crippen molar-refractivity contribution in [1.82, 2.24) is 4.90 Å². The van der Waals surface area contributed by atoms with Crippen molar-refractivity contribution in [3.63, 3.8) is 0 Å². The van der Waals surface area contributed by atoms with Gasteiger partial charge in [0.15, 0.2) is 11.5 Å². The van der Waals surface area contributed by atoms with Gasteiger partial charge in [0.2, 0.25) is 11.7 Å². The average molecular weight is 492 g/mol. The number of hydrogen-bond acceptors (Lipinski definition) is 7. The quantitative estimate of drug-likeness (QED) is 0.349. The maximum absolute atomic E-state index is 13.3. The molecule has 0 radical (unpaired) electrons. The number of carbonyl (C=O) groups excluding carboxylic acids is 2. The molecular formula is C26H25N3O7. The van der Waals surface area contributed by atoms with Gasteiger partial charge in [-0.25, -0.2) is 0 Å². The number of nitrogens with one attached hydrogen (secondary N) is 1. The lowest BCUT2D eigenvalue weighted by Gasteiger charge is -2.29. The third-order valence-corrected chi connectivity index (χ3v) is 6.02. The van der Waals surface area contributed by atoms with Crippen LogP contribution in [0.15, 0.2) is 60.7 Å². The maximum atomic E-state index is 13.3. The highest BCUT2D eigenvalue weighted by molar-refractivity contribution is 5.99. The first-order chi connectivity index (χ1) is 17.4. The molecule has 0 aromatic heterocycles. The van der Waals surface area contributed by atoms with Crippen molar-refractivity contribution < 1.29 is 28.7 Å². The Bertz CT molecular complexity index is 1300. The number of nitro groups is 1. The van der Waals surface area contributed by atoms with Crippen molar-refractivity contribution in [3.05, 3.63) is 87.5 Å². The van der Waals surface area contributed by atoms with E-state index in [-0.39, 0.29) is 23.7 Å². The molecule has 0 bridgehead atoms. The molecule has 3 aromatic carbocycles. The molecule has 10 heteroatoms. The van der Waals surface area contributed by atoms with E-state index >= 15 is 0 Å². The zero-order valence-electron chi connectivity index (χ0n) is 20.0. The molecule has 1 N–H and O–H groups in total. The van der Waals surface area contributed by atoms with Gasteiger partial charge in [-0.05, 0) is 35.4 Å². The Hall–Kier alpha value is -4.60. The van der Waals surface area contributed by atoms with Crippen molar-refractivity contribution in [1.29, 1.82) is 0 Å². The van der Waals surface area contributed by atoms with Gasteiger partial charge in [0, 0.05) is 29.9 Å². The summed E-state index contributed by atoms with van der Waals surface area (Å²) < 4.78 is 16.4. The number of rotatable bonds is 9. The Morgan fingerprint density at radius 3 is 2.33 bits per heavy atom. The molecule has 4 rings (SSSR count). The van der Waals surface area contributed by atoms with Crippen LogP contribution in [0.4, 0.5) is 11.4 Å². The number of fused-ring (bicyclic) bond motifs is 1. The fraction of sp³-hybridized carbons (Fsp3) is 0.231. The monoisotopic (exact) mass is 491 g/mol. The molecule has 2 amide bonds. The molecule has 1 aliphatic heterocycles. The first-order valence-electron chi connectivity index (χ1n) is 11.1. The highest BCUT2D eigenvalue weighted by Gasteiger charge is 2.35. The summed E-state index contributed by atoms with van der Waals surface area (Å²) >= 11 is 0. The highest BCUT2D eigenvalue weighted by atomic mass is 16.6. The minimum Gasteiger partial charge on any atom is -0.493 e. The van der Waals surface area contributed by atoms with Gasteiger partial charge in [-0.3, -0.25) is 19.7 Å². The molecule has 0 spiro atoms. The summed E-state index contributed by atoms with van der Waals surface area (Å²) in [6.45, 7) is 0.320. The van der Waals surface area contributed by atoms with Crippen LogP contribution in [0.3, 0.4) is 0 Å². The molecule has 1 heterocycles. The molecular weight excluding hydrogens is 466 g/mol. The number of ether oxygens (including phenoxy) is 3. The van der Waals surface area contributed by atoms with Gasteiger partial charge in [-0.1, -0.05) is 24.3 Å². The number of amides is 2. The van der Waals surface area contributed by atoms with Crippen LogP contribution in [-0.4, -0.2) is 43.0 Å². The normalized spacial score (nSPS) is 13.1. The Kier molecular flexibility index (Phi) is 7.05. The van der Waals surface area contributed by atoms with Crippen LogP contribution in [0.25, 0.3) is 0 Å². The number of methoxy groups -OCH3 is 3. The summed E-state index contributed by atoms with van der Waals surface area (Å²) in [7, 11) is 4.47. The van der Waals surface area contributed by atoms with Crippen LogP contribution in [0, 0.1) is 10.1 Å². The molecule has 0 saturated heterocycles. The van der Waals surface area contributed by atoms with Crippen molar-refractivity contribution in [2.24, 2.45) is 0 Å². The summed E-state index contributed by atoms with van der Waals surface area (Å²) in [6.07, 6.45) is -0.110. The number of benzene rings is 3. The van der Waals surface area contributed by atoms with E-state index in [1.54, 1.807) is 35.2 Å². The lowest BCUT2D eigenvalue weighted by Crippen LogP contribution is -2.32. The molecule has 186 valence electrons. The van der Waals surface area contributed by atoms with Crippen LogP contribution in [0.2, 0.25) is 0 Å². The van der Waals surface area contributed by atoms with Gasteiger partial charge in [-0.15, -0.1) is 0 Å². The SMILES string of the molecule is COc1cc([C@@H](CC(=O)Nc2cccc([N+](=O)[O-])c2)N2Cc3ccccc3C2=O)cc(OC)c1OC. The van der Waals surface area contributed by atoms with E-state index in [2.05, 4.69) is 5.32 Å². The predicted octanol–water partition coefficient (Wildman–Crippen LogP) is 4.35. The van der Waals surface area contributed by atoms with Gasteiger partial charge >= 0.3 is 0 Å². The van der Waals surface area contributed by atoms with E-state index < -0.39 is 16.9 Å². The van der Waals surface area contributed by atoms with Crippen molar-refractivity contribution >= 4 is 23.2 Å². The molecule has 1 atom stereocenters. The summed E-state index contributed by atoms with van der Waals surface area (Å²) in [5, 5.41) is 13.8. The van der Waals surface area contributed by atoms with E-state index in [0.29, 0.717) is 34.9 Å². The Labute approximate surface area is 207 Å². The van der Waals surface area contributed by atoms with Crippen LogP contribution < -0.4 is 19.5 Å². The lowest BCUT2D eigenvalue weighted by atomic mass is 10.00. The van der Waals surface area contributed by atoms with Gasteiger partial charge in [-0.2, -0.15) is 0 Å². The van der Waals surface area contributed by atoms with Crippen LogP contribution in [-0.2, 0) is 11.3 Å². The van der Waals surface area contributed by atoms with Gasteiger partial charge in [0.1, 0.15) is 0 Å². The smallest absolute Gasteiger partial charge is 0.271 e. The van der Waals surface area contributed by atoms with Gasteiger partial charge in [0.25, 0.3) is 11.6 Å². The van der Waals surface area contributed by atoms with Crippen molar-refractivity contribution in [3.8, 4) is 17.2 Å². The molecule has 0 aliphatic carbocycles. The predicted molar refractivity (Wildman–Crippen MR) is 131 cm³/mol. The largest absolute Gasteiger partial charge is 0.493 e. The number of carbonyl (C=O) groups is 2. The Morgan fingerprint density at radius 1 is 1.03 bits per heavy atom. The minimum absolute atomic E-state index is 0.110. The second kappa shape index (κ2) is 10.3. The van der Waals surface area contributed by atoms with E-state index in [1.807, 2.05) is 12.1 Å². The molecule has 0 fully saturated rings. The first kappa shape index (κ1) is 24.5. The number of anilines is 1. The highest BCUT2D eigenvalue weighted by Crippen LogP contribution is 2.43. The van der Waals surface area contributed by atoms with E-state index in [1.165, 1.54) is 39.5 Å². The topological polar surface area (TPSA) is 120 Å². The number of nitro benzene ring substituents is 1. The standard InChI is InChI=1S/C26H25N3O7/c1-34-22-11-17(12-23(35-2)25(22)36-3)21(28-15-16-7-4-5-10-20(16)26(28)31)14-24(30)27-18-8-6-9-19(13-18)29(32)33/h4-13,21H,14-15H2,1-3H3,(H,27,30)/t21-/m1/s1. The maximum Gasteiger partial charge on any atom is 0.271 e. The number of hydrogen-bond donors (Lipinski definition) is 1. The summed E-state index contributed by atoms with van der Waals surface area (Å²) in [6, 6.07) is 15.7. The number of nitrogens with zero attached hydrogens (tertiary/aromatic N) is 2. The first-order valence-corrected chi connectivity index (χ1v) is 11.1. The second-order valence-electron chi connectivity index (χ2n) is 8.12. The zero-order valence-corrected chi connectivity index (χ0v) is 20.0. The minimum atomic E-state index is -0.683. The average Bonchev–Trinajstić information content (AvgIpc) is 3.22. The van der Waals surface area contributed by atoms with E-state index in [0.717, 1.165) is 5.56 Å². The fourth-order valence-electron chi connectivity index (χ4n) is 4.32. The van der Waals surface area contributed by atoms with Crippen molar-refractivity contribution in [2.75, 3.05) is 26.6 Å². The molecule has 1 aliphatic rings. The van der Waals surface area contributed by atoms with Crippen molar-refractivity contribution in [2.45, 2.75) is 19.0 Å². The van der Waals surface area contributed by atoms with E-state index in [9.17, 15) is 19.7 Å². The van der Waals surface area contributed by atoms with E-state index in [4.69, 9.17) is 14.2 Å². The van der Waals surface area contributed by atoms with Gasteiger partial charge in [0.05, 0.1) is 38.7 Å². The Morgan fingerprint density at radius 2 is 1.72 bits per heavy atom. The summed E-state index contributed by atoms with van der Waals surface area (Å²) in [5.41, 5.74) is 2.20. The molecule has 3 aromatic rings. The zero-order chi connectivity index (χ0) is 25.8. The Balaban J connectivity index is 1.70. The lowest BCUT2D eigenvalue weighted by molar-refractivity contribution is -0.384. The summed E-state index contributed by atoms with van der Waals surface area (Å²) in [4.78, 5) is 38.7. The second-order valence-corrected chi connectivity index (χ2v) is 8.12. The molecule has 10 nitrogen and oxygen atoms in total. The summed E-state index contributed by atoms with van der Waals surface area (Å²) in [5.74, 6) is 0.547. The van der Waals surface area contributed by atoms with Gasteiger partial charge < -0.3 is 24.4 Å². The fourth-order valence-corrected chi connectivity index (χ4v) is 4.32. The third-order valence-electron chi connectivity index (χ3n) is 6.02. The third kappa shape index (κ3) is 4.78. The molecule has 36 heavy (non-hydrogen) atoms. The van der Waals surface area contributed by atoms with Crippen LogP contribution in [0.5, 0.6) is 17.2 Å². The van der Waals surface area contributed by atoms with Crippen LogP contribution in [0.1, 0.15) is 33.9 Å². The molecule has 0 saturated carbocycles. The van der Waals surface area contributed by atoms with Crippen LogP contribution >= 0.6 is 0 Å².